The maximum absolute atomic E-state index is 12.9. The molecule has 1 aromatic heterocycles. The van der Waals surface area contributed by atoms with Crippen LogP contribution in [-0.2, 0) is 11.2 Å². The summed E-state index contributed by atoms with van der Waals surface area (Å²) < 4.78 is 1.34. The summed E-state index contributed by atoms with van der Waals surface area (Å²) in [6, 6.07) is 10.7. The predicted octanol–water partition coefficient (Wildman–Crippen LogP) is 2.27. The van der Waals surface area contributed by atoms with Gasteiger partial charge in [-0.05, 0) is 43.9 Å². The first-order valence-electron chi connectivity index (χ1n) is 8.14. The molecule has 5 heteroatoms. The normalized spacial score (nSPS) is 17.9. The highest BCUT2D eigenvalue weighted by Crippen LogP contribution is 2.38. The number of hydrogen-bond acceptors (Lipinski definition) is 3. The van der Waals surface area contributed by atoms with E-state index in [0.717, 1.165) is 30.6 Å². The number of fused-ring (bicyclic) bond motifs is 1. The number of benzene rings is 1. The molecule has 1 aromatic carbocycles. The molecular formula is C18H19N3O2. The zero-order valence-corrected chi connectivity index (χ0v) is 13.1. The van der Waals surface area contributed by atoms with Gasteiger partial charge in [0.1, 0.15) is 6.04 Å². The molecule has 23 heavy (non-hydrogen) atoms. The summed E-state index contributed by atoms with van der Waals surface area (Å²) in [7, 11) is 0. The van der Waals surface area contributed by atoms with Crippen molar-refractivity contribution in [2.45, 2.75) is 38.1 Å². The van der Waals surface area contributed by atoms with E-state index in [1.54, 1.807) is 17.9 Å². The van der Waals surface area contributed by atoms with Crippen LogP contribution >= 0.6 is 0 Å². The number of nitrogens with zero attached hydrogens (tertiary/aromatic N) is 3. The van der Waals surface area contributed by atoms with Crippen LogP contribution in [0.5, 0.6) is 0 Å². The van der Waals surface area contributed by atoms with Crippen molar-refractivity contribution in [2.24, 2.45) is 0 Å². The Morgan fingerprint density at radius 2 is 2.00 bits per heavy atom. The largest absolute Gasteiger partial charge is 0.310 e. The van der Waals surface area contributed by atoms with Crippen LogP contribution in [0, 0.1) is 0 Å². The molecule has 1 fully saturated rings. The average Bonchev–Trinajstić information content (AvgIpc) is 3.33. The van der Waals surface area contributed by atoms with Gasteiger partial charge in [-0.3, -0.25) is 9.59 Å². The molecule has 4 rings (SSSR count). The van der Waals surface area contributed by atoms with Crippen LogP contribution in [0.15, 0.2) is 41.2 Å². The molecule has 0 N–H and O–H groups in total. The second-order valence-corrected chi connectivity index (χ2v) is 6.36. The average molecular weight is 309 g/mol. The van der Waals surface area contributed by atoms with Crippen LogP contribution in [-0.4, -0.2) is 22.2 Å². The SMILES string of the molecule is CC(C(=O)N1CCc2ccccc21)n1nc(C2CC2)ccc1=O. The standard InChI is InChI=1S/C18H19N3O2/c1-12(21-17(22)9-8-15(19-21)13-6-7-13)18(23)20-11-10-14-4-2-3-5-16(14)20/h2-5,8-9,12-13H,6-7,10-11H2,1H3. The summed E-state index contributed by atoms with van der Waals surface area (Å²) in [6.45, 7) is 2.42. The van der Waals surface area contributed by atoms with E-state index >= 15 is 0 Å². The second kappa shape index (κ2) is 5.33. The Morgan fingerprint density at radius 3 is 2.78 bits per heavy atom. The van der Waals surface area contributed by atoms with Gasteiger partial charge in [0.05, 0.1) is 5.69 Å². The van der Waals surface area contributed by atoms with Gasteiger partial charge >= 0.3 is 0 Å². The highest BCUT2D eigenvalue weighted by Gasteiger charge is 2.31. The van der Waals surface area contributed by atoms with E-state index in [-0.39, 0.29) is 11.5 Å². The number of carbonyl (C=O) groups excluding carboxylic acids is 1. The molecule has 0 radical (unpaired) electrons. The molecule has 1 aliphatic carbocycles. The molecule has 1 amide bonds. The summed E-state index contributed by atoms with van der Waals surface area (Å²) in [4.78, 5) is 26.8. The monoisotopic (exact) mass is 309 g/mol. The minimum atomic E-state index is -0.590. The zero-order chi connectivity index (χ0) is 16.0. The number of carbonyl (C=O) groups is 1. The van der Waals surface area contributed by atoms with Crippen LogP contribution in [0.1, 0.15) is 43.0 Å². The lowest BCUT2D eigenvalue weighted by Crippen LogP contribution is -2.39. The fraction of sp³-hybridized carbons (Fsp3) is 0.389. The first kappa shape index (κ1) is 14.2. The van der Waals surface area contributed by atoms with Crippen molar-refractivity contribution in [1.29, 1.82) is 0 Å². The summed E-state index contributed by atoms with van der Waals surface area (Å²) in [5.74, 6) is 0.383. The van der Waals surface area contributed by atoms with Crippen molar-refractivity contribution < 1.29 is 4.79 Å². The molecule has 1 saturated carbocycles. The zero-order valence-electron chi connectivity index (χ0n) is 13.1. The van der Waals surface area contributed by atoms with Crippen LogP contribution in [0.2, 0.25) is 0 Å². The van der Waals surface area contributed by atoms with Gasteiger partial charge in [-0.15, -0.1) is 0 Å². The van der Waals surface area contributed by atoms with E-state index in [2.05, 4.69) is 5.10 Å². The second-order valence-electron chi connectivity index (χ2n) is 6.36. The Labute approximate surface area is 134 Å². The third kappa shape index (κ3) is 2.46. The molecule has 1 aliphatic heterocycles. The fourth-order valence-electron chi connectivity index (χ4n) is 3.21. The minimum absolute atomic E-state index is 0.0718. The van der Waals surface area contributed by atoms with Crippen molar-refractivity contribution >= 4 is 11.6 Å². The molecule has 118 valence electrons. The lowest BCUT2D eigenvalue weighted by molar-refractivity contribution is -0.121. The number of anilines is 1. The lowest BCUT2D eigenvalue weighted by Gasteiger charge is -2.22. The van der Waals surface area contributed by atoms with Gasteiger partial charge in [-0.2, -0.15) is 5.10 Å². The Hall–Kier alpha value is -2.43. The first-order valence-corrected chi connectivity index (χ1v) is 8.14. The van der Waals surface area contributed by atoms with Gasteiger partial charge in [0.15, 0.2) is 0 Å². The third-order valence-corrected chi connectivity index (χ3v) is 4.72. The molecule has 1 atom stereocenters. The quantitative estimate of drug-likeness (QED) is 0.874. The number of hydrogen-bond donors (Lipinski definition) is 0. The molecule has 0 saturated heterocycles. The Kier molecular flexibility index (Phi) is 3.29. The van der Waals surface area contributed by atoms with Crippen LogP contribution in [0.4, 0.5) is 5.69 Å². The van der Waals surface area contributed by atoms with Gasteiger partial charge < -0.3 is 4.90 Å². The summed E-state index contributed by atoms with van der Waals surface area (Å²) in [6.07, 6.45) is 3.10. The van der Waals surface area contributed by atoms with E-state index in [9.17, 15) is 9.59 Å². The van der Waals surface area contributed by atoms with E-state index in [4.69, 9.17) is 0 Å². The number of para-hydroxylation sites is 1. The van der Waals surface area contributed by atoms with Crippen LogP contribution in [0.3, 0.4) is 0 Å². The van der Waals surface area contributed by atoms with E-state index < -0.39 is 6.04 Å². The highest BCUT2D eigenvalue weighted by atomic mass is 16.2. The summed E-state index contributed by atoms with van der Waals surface area (Å²) in [5, 5.41) is 4.44. The van der Waals surface area contributed by atoms with Crippen molar-refractivity contribution in [1.82, 2.24) is 9.78 Å². The number of aromatic nitrogens is 2. The van der Waals surface area contributed by atoms with Crippen molar-refractivity contribution in [3.8, 4) is 0 Å². The maximum atomic E-state index is 12.9. The van der Waals surface area contributed by atoms with Crippen molar-refractivity contribution in [3.05, 3.63) is 58.0 Å². The van der Waals surface area contributed by atoms with Gasteiger partial charge in [0.25, 0.3) is 11.5 Å². The van der Waals surface area contributed by atoms with Crippen molar-refractivity contribution in [3.63, 3.8) is 0 Å². The number of rotatable bonds is 3. The van der Waals surface area contributed by atoms with Crippen molar-refractivity contribution in [2.75, 3.05) is 11.4 Å². The Morgan fingerprint density at radius 1 is 1.22 bits per heavy atom. The molecular weight excluding hydrogens is 290 g/mol. The highest BCUT2D eigenvalue weighted by molar-refractivity contribution is 5.97. The summed E-state index contributed by atoms with van der Waals surface area (Å²) >= 11 is 0. The third-order valence-electron chi connectivity index (χ3n) is 4.72. The lowest BCUT2D eigenvalue weighted by atomic mass is 10.2. The first-order chi connectivity index (χ1) is 11.1. The van der Waals surface area contributed by atoms with Gasteiger partial charge in [-0.25, -0.2) is 4.68 Å². The van der Waals surface area contributed by atoms with Gasteiger partial charge in [-0.1, -0.05) is 18.2 Å². The van der Waals surface area contributed by atoms with E-state index in [0.29, 0.717) is 12.5 Å². The molecule has 1 unspecified atom stereocenters. The van der Waals surface area contributed by atoms with E-state index in [1.165, 1.54) is 16.3 Å². The molecule has 5 nitrogen and oxygen atoms in total. The predicted molar refractivity (Wildman–Crippen MR) is 87.7 cm³/mol. The molecule has 2 heterocycles. The topological polar surface area (TPSA) is 55.2 Å². The Bertz CT molecular complexity index is 823. The van der Waals surface area contributed by atoms with Crippen LogP contribution < -0.4 is 10.5 Å². The maximum Gasteiger partial charge on any atom is 0.267 e. The summed E-state index contributed by atoms with van der Waals surface area (Å²) in [5.41, 5.74) is 2.84. The van der Waals surface area contributed by atoms with Crippen LogP contribution in [0.25, 0.3) is 0 Å². The smallest absolute Gasteiger partial charge is 0.267 e. The van der Waals surface area contributed by atoms with Gasteiger partial charge in [0.2, 0.25) is 0 Å². The number of amides is 1. The molecule has 2 aromatic rings. The molecule has 0 spiro atoms. The van der Waals surface area contributed by atoms with Gasteiger partial charge in [0, 0.05) is 24.2 Å². The molecule has 0 bridgehead atoms. The van der Waals surface area contributed by atoms with E-state index in [1.807, 2.05) is 24.3 Å². The minimum Gasteiger partial charge on any atom is -0.310 e. The fourth-order valence-corrected chi connectivity index (χ4v) is 3.21. The Balaban J connectivity index is 1.64. The molecule has 2 aliphatic rings.